The van der Waals surface area contributed by atoms with Crippen LogP contribution in [0.2, 0.25) is 0 Å². The Kier molecular flexibility index (Phi) is 7.43. The fourth-order valence-electron chi connectivity index (χ4n) is 5.22. The van der Waals surface area contributed by atoms with Crippen molar-refractivity contribution >= 4 is 29.2 Å². The van der Waals surface area contributed by atoms with Crippen molar-refractivity contribution in [2.24, 2.45) is 5.73 Å². The number of H-pyrrole nitrogens is 1. The summed E-state index contributed by atoms with van der Waals surface area (Å²) in [5.74, 6) is -1.05. The van der Waals surface area contributed by atoms with Crippen molar-refractivity contribution < 1.29 is 18.3 Å². The number of halogens is 3. The van der Waals surface area contributed by atoms with Crippen molar-refractivity contribution in [3.8, 4) is 5.75 Å². The maximum absolute atomic E-state index is 14.3. The zero-order chi connectivity index (χ0) is 22.9. The highest BCUT2D eigenvalue weighted by Gasteiger charge is 2.35. The lowest BCUT2D eigenvalue weighted by Gasteiger charge is -2.44. The molecular weight excluding hydrogens is 460 g/mol. The Hall–Kier alpha value is -2.64. The highest BCUT2D eigenvalue weighted by molar-refractivity contribution is 5.95. The number of hydrogen-bond donors (Lipinski definition) is 2. The van der Waals surface area contributed by atoms with Crippen LogP contribution >= 0.6 is 12.4 Å². The summed E-state index contributed by atoms with van der Waals surface area (Å²) < 4.78 is 33.8. The van der Waals surface area contributed by atoms with Gasteiger partial charge >= 0.3 is 0 Å². The molecule has 1 aromatic heterocycles. The number of hydrogen-bond acceptors (Lipinski definition) is 3. The summed E-state index contributed by atoms with van der Waals surface area (Å²) >= 11 is 0. The summed E-state index contributed by atoms with van der Waals surface area (Å²) in [5, 5.41) is 0.948. The maximum Gasteiger partial charge on any atom is 0.249 e. The van der Waals surface area contributed by atoms with Crippen LogP contribution < -0.4 is 10.5 Å². The van der Waals surface area contributed by atoms with E-state index in [-0.39, 0.29) is 30.0 Å². The van der Waals surface area contributed by atoms with Gasteiger partial charge in [0, 0.05) is 40.3 Å². The number of primary amides is 1. The summed E-state index contributed by atoms with van der Waals surface area (Å²) in [4.78, 5) is 17.6. The van der Waals surface area contributed by atoms with Gasteiger partial charge in [-0.1, -0.05) is 6.42 Å². The molecule has 5 nitrogen and oxygen atoms in total. The molecule has 2 aromatic carbocycles. The number of rotatable bonds is 8. The fourth-order valence-corrected chi connectivity index (χ4v) is 5.22. The number of benzene rings is 2. The molecule has 1 aliphatic carbocycles. The van der Waals surface area contributed by atoms with Crippen molar-refractivity contribution in [3.63, 3.8) is 0 Å². The van der Waals surface area contributed by atoms with Crippen molar-refractivity contribution in [2.45, 2.75) is 57.0 Å². The molecule has 182 valence electrons. The van der Waals surface area contributed by atoms with Gasteiger partial charge in [-0.25, -0.2) is 8.78 Å². The van der Waals surface area contributed by atoms with Crippen LogP contribution in [-0.2, 0) is 12.8 Å². The first-order chi connectivity index (χ1) is 16.0. The van der Waals surface area contributed by atoms with Gasteiger partial charge in [0.05, 0.1) is 0 Å². The number of aromatic nitrogens is 1. The second-order valence-corrected chi connectivity index (χ2v) is 9.22. The third kappa shape index (κ3) is 4.77. The van der Waals surface area contributed by atoms with Crippen LogP contribution in [0.5, 0.6) is 5.75 Å². The van der Waals surface area contributed by atoms with Gasteiger partial charge in [0.1, 0.15) is 12.4 Å². The van der Waals surface area contributed by atoms with Gasteiger partial charge in [-0.15, -0.1) is 12.4 Å². The SMILES string of the molecule is Cl.NC(=O)c1ccc(F)c2c1C[C@@H](N(CCCCc1c[nH]c3ccc(F)cc13)C1CCC1)CO2. The normalized spacial score (nSPS) is 17.7. The minimum absolute atomic E-state index is 0. The number of nitrogens with two attached hydrogens (primary N) is 1. The molecule has 1 fully saturated rings. The van der Waals surface area contributed by atoms with Crippen LogP contribution in [0.25, 0.3) is 10.9 Å². The minimum atomic E-state index is -0.555. The molecule has 2 aliphatic rings. The van der Waals surface area contributed by atoms with Crippen LogP contribution in [0.4, 0.5) is 8.78 Å². The predicted octanol–water partition coefficient (Wildman–Crippen LogP) is 5.15. The number of nitrogens with one attached hydrogen (secondary N) is 1. The van der Waals surface area contributed by atoms with Crippen molar-refractivity contribution in [3.05, 3.63) is 64.9 Å². The van der Waals surface area contributed by atoms with Crippen LogP contribution in [0.3, 0.4) is 0 Å². The monoisotopic (exact) mass is 489 g/mol. The number of unbranched alkanes of at least 4 members (excludes halogenated alkanes) is 1. The van der Waals surface area contributed by atoms with E-state index in [0.29, 0.717) is 30.2 Å². The van der Waals surface area contributed by atoms with Gasteiger partial charge in [0.25, 0.3) is 0 Å². The van der Waals surface area contributed by atoms with E-state index < -0.39 is 11.7 Å². The number of fused-ring (bicyclic) bond motifs is 2. The summed E-state index contributed by atoms with van der Waals surface area (Å²) in [7, 11) is 0. The second kappa shape index (κ2) is 10.3. The van der Waals surface area contributed by atoms with Gasteiger partial charge in [-0.05, 0) is 81.0 Å². The Balaban J connectivity index is 0.00000274. The Bertz CT molecular complexity index is 1180. The Morgan fingerprint density at radius 1 is 1.15 bits per heavy atom. The number of amides is 1. The van der Waals surface area contributed by atoms with Crippen LogP contribution in [0.15, 0.2) is 36.5 Å². The van der Waals surface area contributed by atoms with Gasteiger partial charge in [-0.2, -0.15) is 0 Å². The quantitative estimate of drug-likeness (QED) is 0.430. The second-order valence-electron chi connectivity index (χ2n) is 9.22. The molecule has 8 heteroatoms. The predicted molar refractivity (Wildman–Crippen MR) is 131 cm³/mol. The Morgan fingerprint density at radius 3 is 2.71 bits per heavy atom. The molecule has 0 bridgehead atoms. The highest BCUT2D eigenvalue weighted by atomic mass is 35.5. The van der Waals surface area contributed by atoms with E-state index in [2.05, 4.69) is 9.88 Å². The number of ether oxygens (including phenoxy) is 1. The van der Waals surface area contributed by atoms with Gasteiger partial charge in [0.15, 0.2) is 11.6 Å². The maximum atomic E-state index is 14.3. The molecule has 0 unspecified atom stereocenters. The first-order valence-corrected chi connectivity index (χ1v) is 11.8. The average molecular weight is 490 g/mol. The van der Waals surface area contributed by atoms with E-state index in [0.717, 1.165) is 55.1 Å². The molecule has 2 heterocycles. The molecule has 1 atom stereocenters. The Labute approximate surface area is 204 Å². The first kappa shape index (κ1) is 24.5. The van der Waals surface area contributed by atoms with Crippen molar-refractivity contribution in [1.29, 1.82) is 0 Å². The summed E-state index contributed by atoms with van der Waals surface area (Å²) in [5.41, 5.74) is 8.57. The topological polar surface area (TPSA) is 71.4 Å². The number of aryl methyl sites for hydroxylation is 1. The van der Waals surface area contributed by atoms with Gasteiger partial charge < -0.3 is 15.5 Å². The molecule has 1 saturated carbocycles. The highest BCUT2D eigenvalue weighted by Crippen LogP contribution is 2.35. The van der Waals surface area contributed by atoms with Gasteiger partial charge in [0.2, 0.25) is 5.91 Å². The lowest BCUT2D eigenvalue weighted by atomic mass is 9.87. The molecule has 3 N–H and O–H groups in total. The van der Waals surface area contributed by atoms with E-state index in [1.54, 1.807) is 12.1 Å². The van der Waals surface area contributed by atoms with E-state index in [1.807, 2.05) is 6.20 Å². The number of nitrogens with zero attached hydrogens (tertiary/aromatic N) is 1. The number of aromatic amines is 1. The third-order valence-electron chi connectivity index (χ3n) is 7.19. The van der Waals surface area contributed by atoms with Crippen LogP contribution in [-0.4, -0.2) is 41.0 Å². The molecule has 3 aromatic rings. The zero-order valence-corrected chi connectivity index (χ0v) is 19.8. The molecular formula is C26H30ClF2N3O2. The van der Waals surface area contributed by atoms with E-state index in [1.165, 1.54) is 24.6 Å². The van der Waals surface area contributed by atoms with Crippen molar-refractivity contribution in [2.75, 3.05) is 13.2 Å². The van der Waals surface area contributed by atoms with E-state index >= 15 is 0 Å². The lowest BCUT2D eigenvalue weighted by Crippen LogP contribution is -2.51. The smallest absolute Gasteiger partial charge is 0.249 e. The summed E-state index contributed by atoms with van der Waals surface area (Å²) in [6, 6.07) is 8.13. The molecule has 34 heavy (non-hydrogen) atoms. The number of carbonyl (C=O) groups excluding carboxylic acids is 1. The fraction of sp³-hybridized carbons (Fsp3) is 0.423. The summed E-state index contributed by atoms with van der Waals surface area (Å²) in [6.07, 6.45) is 8.90. The molecule has 0 saturated heterocycles. The van der Waals surface area contributed by atoms with Crippen LogP contribution in [0, 0.1) is 11.6 Å². The molecule has 0 radical (unpaired) electrons. The standard InChI is InChI=1S/C26H29F2N3O2.ClH/c27-17-7-10-24-21(12-17)16(14-30-24)4-1-2-11-31(18-5-3-6-18)19-13-22-20(26(29)32)8-9-23(28)25(22)33-15-19;/h7-10,12,14,18-19,30H,1-6,11,13,15H2,(H2,29,32);1H/t19-;/m1./s1. The number of carbonyl (C=O) groups is 1. The van der Waals surface area contributed by atoms with E-state index in [9.17, 15) is 13.6 Å². The molecule has 0 spiro atoms. The van der Waals surface area contributed by atoms with Crippen molar-refractivity contribution in [1.82, 2.24) is 9.88 Å². The summed E-state index contributed by atoms with van der Waals surface area (Å²) in [6.45, 7) is 1.32. The first-order valence-electron chi connectivity index (χ1n) is 11.8. The van der Waals surface area contributed by atoms with Gasteiger partial charge in [-0.3, -0.25) is 9.69 Å². The largest absolute Gasteiger partial charge is 0.489 e. The van der Waals surface area contributed by atoms with Crippen LogP contribution in [0.1, 0.15) is 53.6 Å². The zero-order valence-electron chi connectivity index (χ0n) is 19.0. The molecule has 1 amide bonds. The molecule has 5 rings (SSSR count). The third-order valence-corrected chi connectivity index (χ3v) is 7.19. The van der Waals surface area contributed by atoms with E-state index in [4.69, 9.17) is 10.5 Å². The Morgan fingerprint density at radius 2 is 1.97 bits per heavy atom. The average Bonchev–Trinajstić information content (AvgIpc) is 3.16. The molecule has 1 aliphatic heterocycles. The minimum Gasteiger partial charge on any atom is -0.489 e. The lowest BCUT2D eigenvalue weighted by molar-refractivity contribution is 0.0417.